The standard InChI is InChI=1S/C12H10FN3OS/c13-8-3-1-2-4-9(8)18-10-6-16-11(14)5-7(10)12(15)17/h1-6H,(H2,14,16)(H2,15,17). The van der Waals surface area contributed by atoms with Crippen molar-refractivity contribution in [3.8, 4) is 0 Å². The number of anilines is 1. The van der Waals surface area contributed by atoms with E-state index in [1.54, 1.807) is 18.2 Å². The fourth-order valence-electron chi connectivity index (χ4n) is 1.38. The first-order valence-electron chi connectivity index (χ1n) is 5.05. The highest BCUT2D eigenvalue weighted by Crippen LogP contribution is 2.32. The number of pyridine rings is 1. The molecule has 0 spiro atoms. The smallest absolute Gasteiger partial charge is 0.250 e. The van der Waals surface area contributed by atoms with E-state index in [0.29, 0.717) is 9.79 Å². The highest BCUT2D eigenvalue weighted by atomic mass is 32.2. The fraction of sp³-hybridized carbons (Fsp3) is 0. The Morgan fingerprint density at radius 3 is 2.67 bits per heavy atom. The van der Waals surface area contributed by atoms with Crippen LogP contribution < -0.4 is 11.5 Å². The van der Waals surface area contributed by atoms with E-state index in [9.17, 15) is 9.18 Å². The minimum absolute atomic E-state index is 0.196. The SMILES string of the molecule is NC(=O)c1cc(N)ncc1Sc1ccccc1F. The van der Waals surface area contributed by atoms with Crippen LogP contribution in [0.25, 0.3) is 0 Å². The van der Waals surface area contributed by atoms with Gasteiger partial charge in [-0.25, -0.2) is 9.37 Å². The number of nitrogens with two attached hydrogens (primary N) is 2. The van der Waals surface area contributed by atoms with Crippen LogP contribution in [0.1, 0.15) is 10.4 Å². The number of aromatic nitrogens is 1. The van der Waals surface area contributed by atoms with Gasteiger partial charge in [0.25, 0.3) is 0 Å². The van der Waals surface area contributed by atoms with Crippen LogP contribution in [-0.4, -0.2) is 10.9 Å². The molecule has 0 aliphatic heterocycles. The maximum absolute atomic E-state index is 13.5. The summed E-state index contributed by atoms with van der Waals surface area (Å²) in [6.07, 6.45) is 1.41. The molecule has 6 heteroatoms. The van der Waals surface area contributed by atoms with Crippen molar-refractivity contribution in [1.29, 1.82) is 0 Å². The van der Waals surface area contributed by atoms with Gasteiger partial charge < -0.3 is 11.5 Å². The largest absolute Gasteiger partial charge is 0.384 e. The Kier molecular flexibility index (Phi) is 3.47. The summed E-state index contributed by atoms with van der Waals surface area (Å²) >= 11 is 1.08. The summed E-state index contributed by atoms with van der Waals surface area (Å²) in [4.78, 5) is 16.0. The molecule has 0 saturated heterocycles. The highest BCUT2D eigenvalue weighted by molar-refractivity contribution is 7.99. The summed E-state index contributed by atoms with van der Waals surface area (Å²) < 4.78 is 13.5. The van der Waals surface area contributed by atoms with Gasteiger partial charge in [0.2, 0.25) is 5.91 Å². The van der Waals surface area contributed by atoms with Gasteiger partial charge in [-0.1, -0.05) is 23.9 Å². The van der Waals surface area contributed by atoms with E-state index in [1.807, 2.05) is 0 Å². The second kappa shape index (κ2) is 5.05. The summed E-state index contributed by atoms with van der Waals surface area (Å²) in [6, 6.07) is 7.64. The number of hydrogen-bond acceptors (Lipinski definition) is 4. The number of nitrogen functional groups attached to an aromatic ring is 1. The van der Waals surface area contributed by atoms with Crippen molar-refractivity contribution in [1.82, 2.24) is 4.98 Å². The zero-order valence-electron chi connectivity index (χ0n) is 9.26. The van der Waals surface area contributed by atoms with Gasteiger partial charge in [-0.15, -0.1) is 0 Å². The number of nitrogens with zero attached hydrogens (tertiary/aromatic N) is 1. The molecule has 0 fully saturated rings. The summed E-state index contributed by atoms with van der Waals surface area (Å²) in [6.45, 7) is 0. The molecule has 2 aromatic rings. The average molecular weight is 263 g/mol. The molecule has 1 heterocycles. The highest BCUT2D eigenvalue weighted by Gasteiger charge is 2.12. The lowest BCUT2D eigenvalue weighted by Gasteiger charge is -2.07. The van der Waals surface area contributed by atoms with Crippen LogP contribution in [0.3, 0.4) is 0 Å². The Hall–Kier alpha value is -2.08. The summed E-state index contributed by atoms with van der Waals surface area (Å²) in [5.74, 6) is -0.792. The van der Waals surface area contributed by atoms with Crippen molar-refractivity contribution in [2.24, 2.45) is 5.73 Å². The summed E-state index contributed by atoms with van der Waals surface area (Å²) in [7, 11) is 0. The zero-order valence-corrected chi connectivity index (χ0v) is 10.1. The minimum atomic E-state index is -0.622. The molecule has 0 unspecified atom stereocenters. The van der Waals surface area contributed by atoms with Gasteiger partial charge >= 0.3 is 0 Å². The molecular weight excluding hydrogens is 253 g/mol. The van der Waals surface area contributed by atoms with Gasteiger partial charge in [-0.3, -0.25) is 4.79 Å². The lowest BCUT2D eigenvalue weighted by Crippen LogP contribution is -2.13. The maximum atomic E-state index is 13.5. The van der Waals surface area contributed by atoms with Crippen LogP contribution in [-0.2, 0) is 0 Å². The third kappa shape index (κ3) is 2.60. The predicted octanol–water partition coefficient (Wildman–Crippen LogP) is 2.05. The molecule has 0 aliphatic carbocycles. The van der Waals surface area contributed by atoms with E-state index in [-0.39, 0.29) is 17.2 Å². The van der Waals surface area contributed by atoms with Crippen molar-refractivity contribution in [3.63, 3.8) is 0 Å². The Balaban J connectivity index is 2.41. The number of rotatable bonds is 3. The molecule has 0 bridgehead atoms. The third-order valence-corrected chi connectivity index (χ3v) is 3.31. The van der Waals surface area contributed by atoms with Gasteiger partial charge in [-0.05, 0) is 18.2 Å². The van der Waals surface area contributed by atoms with Crippen LogP contribution >= 0.6 is 11.8 Å². The van der Waals surface area contributed by atoms with Crippen LogP contribution in [0.4, 0.5) is 10.2 Å². The van der Waals surface area contributed by atoms with E-state index in [0.717, 1.165) is 11.8 Å². The van der Waals surface area contributed by atoms with E-state index in [2.05, 4.69) is 4.98 Å². The van der Waals surface area contributed by atoms with Crippen LogP contribution in [0.5, 0.6) is 0 Å². The number of amides is 1. The lowest BCUT2D eigenvalue weighted by atomic mass is 10.2. The van der Waals surface area contributed by atoms with Crippen LogP contribution in [0.2, 0.25) is 0 Å². The Bertz CT molecular complexity index is 604. The van der Waals surface area contributed by atoms with Crippen molar-refractivity contribution in [2.45, 2.75) is 9.79 Å². The normalized spacial score (nSPS) is 10.3. The van der Waals surface area contributed by atoms with Crippen LogP contribution in [0, 0.1) is 5.82 Å². The topological polar surface area (TPSA) is 82.0 Å². The number of halogens is 1. The molecule has 2 rings (SSSR count). The van der Waals surface area contributed by atoms with Crippen molar-refractivity contribution in [2.75, 3.05) is 5.73 Å². The molecule has 0 aliphatic rings. The number of benzene rings is 1. The number of carbonyl (C=O) groups excluding carboxylic acids is 1. The monoisotopic (exact) mass is 263 g/mol. The molecule has 18 heavy (non-hydrogen) atoms. The molecule has 0 atom stereocenters. The average Bonchev–Trinajstić information content (AvgIpc) is 2.34. The van der Waals surface area contributed by atoms with E-state index >= 15 is 0 Å². The number of primary amides is 1. The second-order valence-electron chi connectivity index (χ2n) is 3.50. The summed E-state index contributed by atoms with van der Waals surface area (Å²) in [5, 5.41) is 0. The Morgan fingerprint density at radius 2 is 2.00 bits per heavy atom. The minimum Gasteiger partial charge on any atom is -0.384 e. The van der Waals surface area contributed by atoms with Crippen molar-refractivity contribution in [3.05, 3.63) is 47.9 Å². The fourth-order valence-corrected chi connectivity index (χ4v) is 2.30. The first-order chi connectivity index (χ1) is 8.58. The Morgan fingerprint density at radius 1 is 1.28 bits per heavy atom. The number of hydrogen-bond donors (Lipinski definition) is 2. The lowest BCUT2D eigenvalue weighted by molar-refractivity contribution is 0.0997. The molecule has 0 radical (unpaired) electrons. The maximum Gasteiger partial charge on any atom is 0.250 e. The quantitative estimate of drug-likeness (QED) is 0.888. The van der Waals surface area contributed by atoms with Crippen molar-refractivity contribution >= 4 is 23.5 Å². The molecule has 92 valence electrons. The second-order valence-corrected chi connectivity index (χ2v) is 4.59. The van der Waals surface area contributed by atoms with Crippen LogP contribution in [0.15, 0.2) is 46.3 Å². The van der Waals surface area contributed by atoms with Gasteiger partial charge in [0, 0.05) is 16.0 Å². The van der Waals surface area contributed by atoms with E-state index < -0.39 is 5.91 Å². The van der Waals surface area contributed by atoms with Crippen molar-refractivity contribution < 1.29 is 9.18 Å². The summed E-state index contributed by atoms with van der Waals surface area (Å²) in [5.41, 5.74) is 11.0. The van der Waals surface area contributed by atoms with E-state index in [1.165, 1.54) is 18.3 Å². The first kappa shape index (κ1) is 12.4. The zero-order chi connectivity index (χ0) is 13.1. The molecule has 1 aromatic carbocycles. The molecular formula is C12H10FN3OS. The van der Waals surface area contributed by atoms with Gasteiger partial charge in [0.1, 0.15) is 11.6 Å². The third-order valence-electron chi connectivity index (χ3n) is 2.21. The molecule has 4 nitrogen and oxygen atoms in total. The Labute approximate surface area is 107 Å². The molecule has 0 saturated carbocycles. The molecule has 1 amide bonds. The molecule has 4 N–H and O–H groups in total. The van der Waals surface area contributed by atoms with Gasteiger partial charge in [-0.2, -0.15) is 0 Å². The number of carbonyl (C=O) groups is 1. The van der Waals surface area contributed by atoms with E-state index in [4.69, 9.17) is 11.5 Å². The van der Waals surface area contributed by atoms with Gasteiger partial charge in [0.15, 0.2) is 0 Å². The van der Waals surface area contributed by atoms with Gasteiger partial charge in [0.05, 0.1) is 5.56 Å². The first-order valence-corrected chi connectivity index (χ1v) is 5.87. The molecule has 1 aromatic heterocycles. The predicted molar refractivity (Wildman–Crippen MR) is 67.7 cm³/mol.